The van der Waals surface area contributed by atoms with Gasteiger partial charge in [-0.2, -0.15) is 0 Å². The van der Waals surface area contributed by atoms with Crippen LogP contribution in [0.15, 0.2) is 158 Å². The topological polar surface area (TPSA) is 54.2 Å². The normalized spacial score (nSPS) is 14.7. The van der Waals surface area contributed by atoms with E-state index in [0.29, 0.717) is 11.4 Å². The van der Waals surface area contributed by atoms with E-state index in [0.717, 1.165) is 56.4 Å². The molecule has 5 heteroatoms. The van der Waals surface area contributed by atoms with E-state index in [-0.39, 0.29) is 16.6 Å². The lowest BCUT2D eigenvalue weighted by Gasteiger charge is -2.48. The van der Waals surface area contributed by atoms with Crippen LogP contribution >= 0.6 is 0 Å². The number of phenolic OH excluding ortho intramolecular Hbond substituents is 1. The summed E-state index contributed by atoms with van der Waals surface area (Å²) in [6.07, 6.45) is 1.91. The average Bonchev–Trinajstić information content (AvgIpc) is 3.65. The van der Waals surface area contributed by atoms with Gasteiger partial charge in [0.1, 0.15) is 5.75 Å². The van der Waals surface area contributed by atoms with Crippen molar-refractivity contribution in [2.75, 3.05) is 4.90 Å². The number of nitrogens with zero attached hydrogens (tertiary/aromatic N) is 4. The molecule has 6 aromatic carbocycles. The van der Waals surface area contributed by atoms with Crippen LogP contribution in [0.3, 0.4) is 0 Å². The number of hydrogen-bond acceptors (Lipinski definition) is 4. The van der Waals surface area contributed by atoms with Crippen LogP contribution in [0.25, 0.3) is 50.6 Å². The summed E-state index contributed by atoms with van der Waals surface area (Å²) in [6, 6.07) is 53.4. The number of rotatable bonds is 5. The highest BCUT2D eigenvalue weighted by atomic mass is 16.3. The van der Waals surface area contributed by atoms with E-state index in [1.807, 2.05) is 30.5 Å². The van der Waals surface area contributed by atoms with Crippen LogP contribution in [0, 0.1) is 0 Å². The first-order chi connectivity index (χ1) is 28.3. The first-order valence-electron chi connectivity index (χ1n) is 20.6. The molecule has 0 spiro atoms. The summed E-state index contributed by atoms with van der Waals surface area (Å²) >= 11 is 0. The Morgan fingerprint density at radius 2 is 1.22 bits per heavy atom. The Kier molecular flexibility index (Phi) is 8.16. The number of phenols is 1. The maximum Gasteiger partial charge on any atom is 0.161 e. The lowest BCUT2D eigenvalue weighted by molar-refractivity contribution is 0.476. The van der Waals surface area contributed by atoms with Gasteiger partial charge in [-0.15, -0.1) is 0 Å². The van der Waals surface area contributed by atoms with Gasteiger partial charge in [-0.3, -0.25) is 14.5 Å². The summed E-state index contributed by atoms with van der Waals surface area (Å²) < 4.78 is 2.34. The fourth-order valence-electron chi connectivity index (χ4n) is 9.46. The predicted octanol–water partition coefficient (Wildman–Crippen LogP) is 13.7. The molecule has 0 atom stereocenters. The number of imidazole rings is 1. The van der Waals surface area contributed by atoms with Gasteiger partial charge in [0.25, 0.3) is 0 Å². The third-order valence-corrected chi connectivity index (χ3v) is 12.7. The van der Waals surface area contributed by atoms with Crippen LogP contribution in [-0.4, -0.2) is 19.6 Å². The van der Waals surface area contributed by atoms with Crippen molar-refractivity contribution in [3.63, 3.8) is 0 Å². The molecule has 0 unspecified atom stereocenters. The zero-order chi connectivity index (χ0) is 40.8. The highest BCUT2D eigenvalue weighted by Gasteiger charge is 2.49. The summed E-state index contributed by atoms with van der Waals surface area (Å²) in [7, 11) is 0. The summed E-state index contributed by atoms with van der Waals surface area (Å²) in [5, 5.41) is 11.6. The molecule has 4 heterocycles. The van der Waals surface area contributed by atoms with Crippen molar-refractivity contribution in [1.82, 2.24) is 14.5 Å². The van der Waals surface area contributed by atoms with Crippen LogP contribution in [0.1, 0.15) is 76.4 Å². The lowest BCUT2D eigenvalue weighted by Crippen LogP contribution is -2.38. The smallest absolute Gasteiger partial charge is 0.161 e. The van der Waals surface area contributed by atoms with Crippen LogP contribution < -0.4 is 4.90 Å². The molecule has 10 rings (SSSR count). The minimum absolute atomic E-state index is 0.0664. The van der Waals surface area contributed by atoms with Crippen molar-refractivity contribution in [3.8, 4) is 56.3 Å². The Morgan fingerprint density at radius 3 is 1.93 bits per heavy atom. The molecule has 0 saturated heterocycles. The monoisotopic (exact) mass is 768 g/mol. The third kappa shape index (κ3) is 5.66. The molecule has 290 valence electrons. The molecule has 0 fully saturated rings. The molecule has 0 amide bonds. The number of fused-ring (bicyclic) bond motifs is 4. The Morgan fingerprint density at radius 1 is 0.542 bits per heavy atom. The molecule has 5 nitrogen and oxygen atoms in total. The lowest BCUT2D eigenvalue weighted by atomic mass is 9.68. The van der Waals surface area contributed by atoms with Crippen LogP contribution in [0.5, 0.6) is 5.75 Å². The molecule has 2 aliphatic rings. The number of aromatic nitrogens is 3. The quantitative estimate of drug-likeness (QED) is 0.189. The van der Waals surface area contributed by atoms with Crippen molar-refractivity contribution in [2.24, 2.45) is 0 Å². The number of pyridine rings is 1. The minimum atomic E-state index is -0.500. The molecule has 0 saturated carbocycles. The number of anilines is 3. The maximum absolute atomic E-state index is 11.6. The average molecular weight is 769 g/mol. The van der Waals surface area contributed by atoms with Gasteiger partial charge in [-0.25, -0.2) is 4.98 Å². The van der Waals surface area contributed by atoms with Crippen molar-refractivity contribution >= 4 is 17.2 Å². The molecule has 8 aromatic rings. The van der Waals surface area contributed by atoms with E-state index in [1.165, 1.54) is 27.9 Å². The minimum Gasteiger partial charge on any atom is -0.507 e. The van der Waals surface area contributed by atoms with Gasteiger partial charge < -0.3 is 5.11 Å². The molecule has 0 radical (unpaired) electrons. The molecule has 59 heavy (non-hydrogen) atoms. The van der Waals surface area contributed by atoms with Gasteiger partial charge >= 0.3 is 0 Å². The van der Waals surface area contributed by atoms with Gasteiger partial charge in [0, 0.05) is 28.2 Å². The largest absolute Gasteiger partial charge is 0.507 e. The van der Waals surface area contributed by atoms with Crippen LogP contribution in [-0.2, 0) is 16.2 Å². The van der Waals surface area contributed by atoms with Crippen molar-refractivity contribution in [1.29, 1.82) is 0 Å². The highest BCUT2D eigenvalue weighted by Crippen LogP contribution is 2.61. The summed E-state index contributed by atoms with van der Waals surface area (Å²) in [5.74, 6) is 1.73. The Bertz CT molecular complexity index is 2930. The summed E-state index contributed by atoms with van der Waals surface area (Å²) in [4.78, 5) is 13.0. The second-order valence-corrected chi connectivity index (χ2v) is 18.1. The number of benzene rings is 6. The summed E-state index contributed by atoms with van der Waals surface area (Å²) in [6.45, 7) is 16.1. The fourth-order valence-corrected chi connectivity index (χ4v) is 9.46. The van der Waals surface area contributed by atoms with Crippen molar-refractivity contribution in [2.45, 2.75) is 64.7 Å². The van der Waals surface area contributed by atoms with E-state index in [2.05, 4.69) is 179 Å². The Hall–Kier alpha value is -6.72. The van der Waals surface area contributed by atoms with Gasteiger partial charge in [0.2, 0.25) is 0 Å². The van der Waals surface area contributed by atoms with Crippen molar-refractivity contribution < 1.29 is 5.11 Å². The van der Waals surface area contributed by atoms with Gasteiger partial charge in [0.15, 0.2) is 11.6 Å². The zero-order valence-electron chi connectivity index (χ0n) is 34.7. The molecular weight excluding hydrogens is 721 g/mol. The van der Waals surface area contributed by atoms with Crippen LogP contribution in [0.4, 0.5) is 17.2 Å². The maximum atomic E-state index is 11.6. The van der Waals surface area contributed by atoms with E-state index < -0.39 is 5.41 Å². The summed E-state index contributed by atoms with van der Waals surface area (Å²) in [5.41, 5.74) is 15.5. The van der Waals surface area contributed by atoms with E-state index >= 15 is 0 Å². The Labute approximate surface area is 347 Å². The van der Waals surface area contributed by atoms with Crippen molar-refractivity contribution in [3.05, 3.63) is 186 Å². The Balaban J connectivity index is 1.29. The number of aromatic hydroxyl groups is 1. The molecule has 0 aliphatic carbocycles. The first-order valence-corrected chi connectivity index (χ1v) is 20.6. The highest BCUT2D eigenvalue weighted by molar-refractivity contribution is 5.94. The molecule has 1 N–H and O–H groups in total. The number of hydrogen-bond donors (Lipinski definition) is 1. The van der Waals surface area contributed by atoms with Gasteiger partial charge in [0.05, 0.1) is 34.0 Å². The molecule has 2 aromatic heterocycles. The fraction of sp³-hybridized carbons (Fsp3) is 0.185. The second-order valence-electron chi connectivity index (χ2n) is 18.1. The van der Waals surface area contributed by atoms with Gasteiger partial charge in [-0.05, 0) is 101 Å². The molecular formula is C54H48N4O. The molecule has 0 bridgehead atoms. The number of para-hydroxylation sites is 2. The van der Waals surface area contributed by atoms with Gasteiger partial charge in [-0.1, -0.05) is 144 Å². The van der Waals surface area contributed by atoms with E-state index in [4.69, 9.17) is 9.97 Å². The van der Waals surface area contributed by atoms with E-state index in [1.54, 1.807) is 6.07 Å². The van der Waals surface area contributed by atoms with E-state index in [9.17, 15) is 5.11 Å². The zero-order valence-corrected chi connectivity index (χ0v) is 34.7. The first kappa shape index (κ1) is 36.6. The van der Waals surface area contributed by atoms with Crippen LogP contribution in [0.2, 0.25) is 0 Å². The third-order valence-electron chi connectivity index (χ3n) is 12.7. The second kappa shape index (κ2) is 13.2. The molecule has 2 aliphatic heterocycles. The SMILES string of the molecule is CC(C)(C)c1ccc(-n2c(-c3ccccc3O)nc3c2C(C)(C)c2cccc4c2N3c2cc(-c3cc(-c5ccccc5)ccn3)ccc2C4(C)C)c(-c2ccccc2)c1. The predicted molar refractivity (Wildman–Crippen MR) is 242 cm³/mol. The standard InChI is InChI=1S/C54H48N4O/c1-52(2,3)38-26-28-45(40(33-38)35-19-12-9-13-20-35)58-49-51(56-50(58)39-21-14-15-24-47(39)59)57-46-32-37(44-31-36(29-30-55-44)34-17-10-8-11-18-34)25-27-41(46)53(4,5)42-22-16-23-43(48(42)57)54(49,6)7/h8-33,59H,1-7H3.